The first-order valence-corrected chi connectivity index (χ1v) is 4.57. The van der Waals surface area contributed by atoms with Crippen LogP contribution in [0.4, 0.5) is 0 Å². The smallest absolute Gasteiger partial charge is 0.0816 e. The fourth-order valence-electron chi connectivity index (χ4n) is 1.74. The van der Waals surface area contributed by atoms with E-state index < -0.39 is 0 Å². The Morgan fingerprint density at radius 2 is 2.09 bits per heavy atom. The van der Waals surface area contributed by atoms with E-state index >= 15 is 0 Å². The molecule has 1 heteroatoms. The highest BCUT2D eigenvalue weighted by atomic mass is 16.5. The molecule has 0 aromatic carbocycles. The molecule has 0 heterocycles. The van der Waals surface area contributed by atoms with Crippen LogP contribution < -0.4 is 0 Å². The Bertz CT molecular complexity index is 128. The maximum Gasteiger partial charge on any atom is 0.0816 e. The van der Waals surface area contributed by atoms with Crippen LogP contribution in [-0.2, 0) is 4.74 Å². The zero-order valence-electron chi connectivity index (χ0n) is 7.60. The molecule has 0 aliphatic heterocycles. The van der Waals surface area contributed by atoms with Crippen molar-refractivity contribution in [1.29, 1.82) is 0 Å². The lowest BCUT2D eigenvalue weighted by Crippen LogP contribution is -2.06. The largest absolute Gasteiger partial charge is 0.504 e. The van der Waals surface area contributed by atoms with Crippen LogP contribution in [0.25, 0.3) is 0 Å². The number of ether oxygens (including phenoxy) is 1. The van der Waals surface area contributed by atoms with Crippen molar-refractivity contribution in [2.45, 2.75) is 39.0 Å². The minimum Gasteiger partial charge on any atom is -0.504 e. The number of hydrogen-bond acceptors (Lipinski definition) is 1. The van der Waals surface area contributed by atoms with E-state index in [4.69, 9.17) is 4.74 Å². The van der Waals surface area contributed by atoms with Crippen LogP contribution in [0.3, 0.4) is 0 Å². The van der Waals surface area contributed by atoms with E-state index in [1.807, 2.05) is 6.26 Å². The van der Waals surface area contributed by atoms with Gasteiger partial charge in [-0.3, -0.25) is 0 Å². The van der Waals surface area contributed by atoms with Crippen LogP contribution >= 0.6 is 0 Å². The Kier molecular flexibility index (Phi) is 3.47. The van der Waals surface area contributed by atoms with Crippen molar-refractivity contribution in [2.24, 2.45) is 5.92 Å². The molecule has 0 bridgehead atoms. The maximum absolute atomic E-state index is 4.99. The van der Waals surface area contributed by atoms with Gasteiger partial charge in [0.1, 0.15) is 0 Å². The second-order valence-corrected chi connectivity index (χ2v) is 3.36. The molecule has 0 unspecified atom stereocenters. The lowest BCUT2D eigenvalue weighted by Gasteiger charge is -2.21. The maximum atomic E-state index is 4.99. The van der Waals surface area contributed by atoms with Crippen molar-refractivity contribution in [2.75, 3.05) is 7.11 Å². The Morgan fingerprint density at radius 3 is 2.55 bits per heavy atom. The summed E-state index contributed by atoms with van der Waals surface area (Å²) < 4.78 is 4.99. The average molecular weight is 154 g/mol. The second-order valence-electron chi connectivity index (χ2n) is 3.36. The fraction of sp³-hybridized carbons (Fsp3) is 0.800. The first kappa shape index (κ1) is 8.63. The minimum absolute atomic E-state index is 0.976. The van der Waals surface area contributed by atoms with Crippen LogP contribution in [0.2, 0.25) is 0 Å². The van der Waals surface area contributed by atoms with Crippen molar-refractivity contribution < 1.29 is 4.74 Å². The Morgan fingerprint density at radius 1 is 1.45 bits per heavy atom. The molecule has 0 aromatic rings. The molecule has 1 rings (SSSR count). The van der Waals surface area contributed by atoms with Crippen LogP contribution in [0.1, 0.15) is 39.0 Å². The minimum atomic E-state index is 0.976. The third-order valence-corrected chi connectivity index (χ3v) is 2.61. The highest BCUT2D eigenvalue weighted by molar-refractivity contribution is 5.01. The second kappa shape index (κ2) is 4.42. The van der Waals surface area contributed by atoms with Gasteiger partial charge in [-0.05, 0) is 37.2 Å². The van der Waals surface area contributed by atoms with Gasteiger partial charge >= 0.3 is 0 Å². The number of allylic oxidation sites excluding steroid dienone is 1. The van der Waals surface area contributed by atoms with Crippen LogP contribution in [-0.4, -0.2) is 7.11 Å². The summed E-state index contributed by atoms with van der Waals surface area (Å²) in [4.78, 5) is 0. The summed E-state index contributed by atoms with van der Waals surface area (Å²) in [6.07, 6.45) is 8.52. The monoisotopic (exact) mass is 154 g/mol. The van der Waals surface area contributed by atoms with Crippen molar-refractivity contribution in [3.8, 4) is 0 Å². The van der Waals surface area contributed by atoms with Gasteiger partial charge in [0.25, 0.3) is 0 Å². The summed E-state index contributed by atoms with van der Waals surface area (Å²) in [6.45, 7) is 2.29. The Balaban J connectivity index is 2.30. The predicted molar refractivity (Wildman–Crippen MR) is 47.3 cm³/mol. The molecule has 0 spiro atoms. The number of methoxy groups -OCH3 is 1. The van der Waals surface area contributed by atoms with Gasteiger partial charge < -0.3 is 4.74 Å². The molecule has 0 aromatic heterocycles. The Hall–Kier alpha value is -0.460. The van der Waals surface area contributed by atoms with Gasteiger partial charge in [0.05, 0.1) is 13.4 Å². The summed E-state index contributed by atoms with van der Waals surface area (Å²) in [5.41, 5.74) is 1.50. The topological polar surface area (TPSA) is 9.23 Å². The molecule has 0 amide bonds. The molecule has 0 radical (unpaired) electrons. The molecular formula is C10H18O. The SMILES string of the molecule is CCC1CCC(=COC)CC1. The average Bonchev–Trinajstić information content (AvgIpc) is 2.07. The summed E-state index contributed by atoms with van der Waals surface area (Å²) in [5, 5.41) is 0. The predicted octanol–water partition coefficient (Wildman–Crippen LogP) is 3.12. The zero-order chi connectivity index (χ0) is 8.10. The molecular weight excluding hydrogens is 136 g/mol. The first-order chi connectivity index (χ1) is 5.36. The molecule has 0 saturated heterocycles. The van der Waals surface area contributed by atoms with Gasteiger partial charge in [-0.25, -0.2) is 0 Å². The van der Waals surface area contributed by atoms with Crippen LogP contribution in [0.5, 0.6) is 0 Å². The highest BCUT2D eigenvalue weighted by Crippen LogP contribution is 2.29. The van der Waals surface area contributed by atoms with Gasteiger partial charge in [-0.1, -0.05) is 13.3 Å². The van der Waals surface area contributed by atoms with Crippen molar-refractivity contribution >= 4 is 0 Å². The van der Waals surface area contributed by atoms with Gasteiger partial charge in [0, 0.05) is 0 Å². The quantitative estimate of drug-likeness (QED) is 0.555. The molecule has 0 atom stereocenters. The molecule has 64 valence electrons. The van der Waals surface area contributed by atoms with Crippen LogP contribution in [0.15, 0.2) is 11.8 Å². The van der Waals surface area contributed by atoms with E-state index in [-0.39, 0.29) is 0 Å². The molecule has 11 heavy (non-hydrogen) atoms. The third kappa shape index (κ3) is 2.57. The van der Waals surface area contributed by atoms with E-state index in [0.717, 1.165) is 5.92 Å². The standard InChI is InChI=1S/C10H18O/c1-3-9-4-6-10(7-5-9)8-11-2/h8-9H,3-7H2,1-2H3. The number of rotatable bonds is 2. The molecule has 0 N–H and O–H groups in total. The molecule has 1 nitrogen and oxygen atoms in total. The van der Waals surface area contributed by atoms with Gasteiger partial charge in [-0.2, -0.15) is 0 Å². The lowest BCUT2D eigenvalue weighted by molar-refractivity contribution is 0.319. The molecule has 1 aliphatic rings. The summed E-state index contributed by atoms with van der Waals surface area (Å²) in [7, 11) is 1.74. The van der Waals surface area contributed by atoms with Gasteiger partial charge in [0.2, 0.25) is 0 Å². The number of hydrogen-bond donors (Lipinski definition) is 0. The zero-order valence-corrected chi connectivity index (χ0v) is 7.60. The van der Waals surface area contributed by atoms with Crippen LogP contribution in [0, 0.1) is 5.92 Å². The summed E-state index contributed by atoms with van der Waals surface area (Å²) >= 11 is 0. The van der Waals surface area contributed by atoms with E-state index in [1.165, 1.54) is 37.7 Å². The normalized spacial score (nSPS) is 24.9. The van der Waals surface area contributed by atoms with Gasteiger partial charge in [-0.15, -0.1) is 0 Å². The fourth-order valence-corrected chi connectivity index (χ4v) is 1.74. The molecule has 1 fully saturated rings. The van der Waals surface area contributed by atoms with Crippen molar-refractivity contribution in [1.82, 2.24) is 0 Å². The molecule has 1 saturated carbocycles. The van der Waals surface area contributed by atoms with Crippen molar-refractivity contribution in [3.05, 3.63) is 11.8 Å². The van der Waals surface area contributed by atoms with E-state index in [9.17, 15) is 0 Å². The van der Waals surface area contributed by atoms with E-state index in [1.54, 1.807) is 7.11 Å². The lowest BCUT2D eigenvalue weighted by atomic mass is 9.85. The summed E-state index contributed by atoms with van der Waals surface area (Å²) in [5.74, 6) is 0.976. The third-order valence-electron chi connectivity index (χ3n) is 2.61. The van der Waals surface area contributed by atoms with Crippen molar-refractivity contribution in [3.63, 3.8) is 0 Å². The highest BCUT2D eigenvalue weighted by Gasteiger charge is 2.14. The van der Waals surface area contributed by atoms with E-state index in [2.05, 4.69) is 6.92 Å². The summed E-state index contributed by atoms with van der Waals surface area (Å²) in [6, 6.07) is 0. The van der Waals surface area contributed by atoms with Gasteiger partial charge in [0.15, 0.2) is 0 Å². The Labute approximate surface area is 69.4 Å². The van der Waals surface area contributed by atoms with E-state index in [0.29, 0.717) is 0 Å². The molecule has 1 aliphatic carbocycles. The first-order valence-electron chi connectivity index (χ1n) is 4.57.